The Kier molecular flexibility index (Phi) is 11.0. The molecule has 0 fully saturated rings. The van der Waals surface area contributed by atoms with E-state index in [1.807, 2.05) is 211 Å². The first-order valence-electron chi connectivity index (χ1n) is 25.3. The second kappa shape index (κ2) is 18.8. The van der Waals surface area contributed by atoms with E-state index >= 15 is 8.78 Å². The van der Waals surface area contributed by atoms with Gasteiger partial charge in [0.1, 0.15) is 17.7 Å². The Balaban J connectivity index is 1.01. The van der Waals surface area contributed by atoms with E-state index in [4.69, 9.17) is 29.9 Å². The molecule has 0 aliphatic heterocycles. The van der Waals surface area contributed by atoms with E-state index in [1.165, 1.54) is 12.1 Å². The number of hydrogen-bond donors (Lipinski definition) is 0. The second-order valence-electron chi connectivity index (χ2n) is 18.9. The Morgan fingerprint density at radius 2 is 0.641 bits per heavy atom. The van der Waals surface area contributed by atoms with Gasteiger partial charge < -0.3 is 9.13 Å². The van der Waals surface area contributed by atoms with Crippen molar-refractivity contribution in [2.24, 2.45) is 0 Å². The van der Waals surface area contributed by atoms with Gasteiger partial charge >= 0.3 is 0 Å². The van der Waals surface area contributed by atoms with Crippen LogP contribution in [0.15, 0.2) is 237 Å². The number of para-hydroxylation sites is 2. The van der Waals surface area contributed by atoms with E-state index in [0.29, 0.717) is 63.0 Å². The SMILES string of the molecule is N#Cc1cc(-n2c3ccccc3c3ccc(-c4nc(-c5ccccc5)nc(-c5ccccc5)n4)cc32)c(-c2cc(F)cc(F)c2)cc1-n1c2ccccc2c2ccc(-c3nc(-c4ccccc4)nc(-c4ccccc4)n3)cc21. The molecule has 0 N–H and O–H groups in total. The summed E-state index contributed by atoms with van der Waals surface area (Å²) in [5.74, 6) is 1.51. The fourth-order valence-electron chi connectivity index (χ4n) is 10.6. The van der Waals surface area contributed by atoms with Crippen LogP contribution in [-0.2, 0) is 0 Å². The molecule has 14 aromatic rings. The standard InChI is InChI=1S/C67H39F2N9/c68-49-33-47(34-50(69)38-49)55-39-58(77-56-27-15-13-25-51(56)53-31-29-45(35-59(53)77)66-73-62(41-17-5-1-6-18-41)71-63(74-66)42-19-7-2-8-20-42)48(40-70)37-61(55)78-57-28-16-14-26-52(57)54-32-30-46(36-60(54)78)67-75-64(43-21-9-3-10-22-43)72-65(76-67)44-23-11-4-12-24-44/h1-39H. The van der Waals surface area contributed by atoms with Gasteiger partial charge in [-0.2, -0.15) is 5.26 Å². The maximum atomic E-state index is 15.7. The van der Waals surface area contributed by atoms with E-state index in [2.05, 4.69) is 22.8 Å². The first-order chi connectivity index (χ1) is 38.4. The third kappa shape index (κ3) is 8.00. The number of nitrogens with zero attached hydrogens (tertiary/aromatic N) is 9. The molecular formula is C67H39F2N9. The molecule has 0 aliphatic rings. The van der Waals surface area contributed by atoms with Crippen molar-refractivity contribution in [3.8, 4) is 96.9 Å². The summed E-state index contributed by atoms with van der Waals surface area (Å²) in [6.45, 7) is 0. The molecular weight excluding hydrogens is 969 g/mol. The Morgan fingerprint density at radius 3 is 1.04 bits per heavy atom. The van der Waals surface area contributed by atoms with Gasteiger partial charge in [0.05, 0.1) is 39.0 Å². The van der Waals surface area contributed by atoms with Crippen molar-refractivity contribution in [2.45, 2.75) is 0 Å². The molecule has 0 unspecified atom stereocenters. The van der Waals surface area contributed by atoms with Crippen LogP contribution in [0.5, 0.6) is 0 Å². The van der Waals surface area contributed by atoms with Crippen LogP contribution in [0.2, 0.25) is 0 Å². The predicted molar refractivity (Wildman–Crippen MR) is 305 cm³/mol. The molecule has 0 radical (unpaired) electrons. The lowest BCUT2D eigenvalue weighted by atomic mass is 9.98. The minimum atomic E-state index is -0.742. The van der Waals surface area contributed by atoms with Crippen LogP contribution in [0.3, 0.4) is 0 Å². The van der Waals surface area contributed by atoms with Crippen molar-refractivity contribution in [2.75, 3.05) is 0 Å². The molecule has 14 rings (SSSR count). The van der Waals surface area contributed by atoms with Gasteiger partial charge in [0.25, 0.3) is 0 Å². The highest BCUT2D eigenvalue weighted by atomic mass is 19.1. The molecule has 0 spiro atoms. The van der Waals surface area contributed by atoms with Gasteiger partial charge in [0.15, 0.2) is 34.9 Å². The fraction of sp³-hybridized carbons (Fsp3) is 0. The number of benzene rings is 10. The Morgan fingerprint density at radius 1 is 0.295 bits per heavy atom. The molecule has 0 saturated carbocycles. The van der Waals surface area contributed by atoms with Gasteiger partial charge in [-0.15, -0.1) is 0 Å². The molecule has 0 bridgehead atoms. The molecule has 9 nitrogen and oxygen atoms in total. The number of hydrogen-bond acceptors (Lipinski definition) is 7. The third-order valence-corrected chi connectivity index (χ3v) is 14.2. The van der Waals surface area contributed by atoms with Crippen LogP contribution in [-0.4, -0.2) is 39.0 Å². The molecule has 4 aromatic heterocycles. The van der Waals surface area contributed by atoms with Gasteiger partial charge in [0, 0.05) is 66.6 Å². The average molecular weight is 1010 g/mol. The van der Waals surface area contributed by atoms with Crippen LogP contribution in [0.25, 0.3) is 134 Å². The summed E-state index contributed by atoms with van der Waals surface area (Å²) in [5, 5.41) is 15.2. The van der Waals surface area contributed by atoms with Crippen LogP contribution in [0.4, 0.5) is 8.78 Å². The van der Waals surface area contributed by atoms with Crippen molar-refractivity contribution in [1.29, 1.82) is 5.26 Å². The van der Waals surface area contributed by atoms with Crippen LogP contribution >= 0.6 is 0 Å². The van der Waals surface area contributed by atoms with E-state index in [0.717, 1.165) is 77.5 Å². The van der Waals surface area contributed by atoms with Gasteiger partial charge in [0.2, 0.25) is 0 Å². The predicted octanol–water partition coefficient (Wildman–Crippen LogP) is 16.1. The zero-order chi connectivity index (χ0) is 52.3. The van der Waals surface area contributed by atoms with Crippen molar-refractivity contribution in [1.82, 2.24) is 39.0 Å². The van der Waals surface area contributed by atoms with E-state index in [9.17, 15) is 5.26 Å². The third-order valence-electron chi connectivity index (χ3n) is 14.2. The van der Waals surface area contributed by atoms with Gasteiger partial charge in [-0.05, 0) is 54.1 Å². The number of fused-ring (bicyclic) bond motifs is 6. The Hall–Kier alpha value is -10.8. The van der Waals surface area contributed by atoms with E-state index in [1.54, 1.807) is 0 Å². The monoisotopic (exact) mass is 1010 g/mol. The highest BCUT2D eigenvalue weighted by molar-refractivity contribution is 6.12. The van der Waals surface area contributed by atoms with Crippen molar-refractivity contribution in [3.05, 3.63) is 254 Å². The number of rotatable bonds is 9. The lowest BCUT2D eigenvalue weighted by Crippen LogP contribution is -2.05. The van der Waals surface area contributed by atoms with Crippen molar-refractivity contribution in [3.63, 3.8) is 0 Å². The Labute approximate surface area is 445 Å². The number of nitriles is 1. The lowest BCUT2D eigenvalue weighted by molar-refractivity contribution is 0.584. The molecule has 10 aromatic carbocycles. The quantitative estimate of drug-likeness (QED) is 0.142. The van der Waals surface area contributed by atoms with Crippen LogP contribution < -0.4 is 0 Å². The summed E-state index contributed by atoms with van der Waals surface area (Å²) in [4.78, 5) is 30.1. The largest absolute Gasteiger partial charge is 0.309 e. The summed E-state index contributed by atoms with van der Waals surface area (Å²) >= 11 is 0. The molecule has 0 amide bonds. The van der Waals surface area contributed by atoms with E-state index < -0.39 is 11.6 Å². The minimum Gasteiger partial charge on any atom is -0.309 e. The topological polar surface area (TPSA) is 111 Å². The summed E-state index contributed by atoms with van der Waals surface area (Å²) < 4.78 is 35.6. The van der Waals surface area contributed by atoms with Crippen molar-refractivity contribution >= 4 is 43.6 Å². The highest BCUT2D eigenvalue weighted by Crippen LogP contribution is 2.43. The fourth-order valence-corrected chi connectivity index (χ4v) is 10.6. The van der Waals surface area contributed by atoms with E-state index in [-0.39, 0.29) is 5.56 Å². The summed E-state index contributed by atoms with van der Waals surface area (Å²) in [7, 11) is 0. The highest BCUT2D eigenvalue weighted by Gasteiger charge is 2.24. The zero-order valence-corrected chi connectivity index (χ0v) is 41.3. The molecule has 0 saturated heterocycles. The summed E-state index contributed by atoms with van der Waals surface area (Å²) in [5.41, 5.74) is 10.1. The normalized spacial score (nSPS) is 11.4. The summed E-state index contributed by atoms with van der Waals surface area (Å²) in [6.07, 6.45) is 0. The molecule has 4 heterocycles. The first kappa shape index (κ1) is 45.8. The van der Waals surface area contributed by atoms with Gasteiger partial charge in [-0.25, -0.2) is 38.7 Å². The van der Waals surface area contributed by atoms with Gasteiger partial charge in [-0.1, -0.05) is 182 Å². The molecule has 78 heavy (non-hydrogen) atoms. The number of halogens is 2. The Bertz CT molecular complexity index is 4570. The molecule has 366 valence electrons. The van der Waals surface area contributed by atoms with Gasteiger partial charge in [-0.3, -0.25) is 0 Å². The number of aromatic nitrogens is 8. The minimum absolute atomic E-state index is 0.279. The maximum Gasteiger partial charge on any atom is 0.164 e. The van der Waals surface area contributed by atoms with Crippen molar-refractivity contribution < 1.29 is 8.78 Å². The van der Waals surface area contributed by atoms with Crippen LogP contribution in [0, 0.1) is 23.0 Å². The molecule has 0 atom stereocenters. The van der Waals surface area contributed by atoms with Crippen LogP contribution in [0.1, 0.15) is 5.56 Å². The lowest BCUT2D eigenvalue weighted by Gasteiger charge is -2.19. The molecule has 0 aliphatic carbocycles. The average Bonchev–Trinajstić information content (AvgIpc) is 4.14. The summed E-state index contributed by atoms with van der Waals surface area (Å²) in [6, 6.07) is 77.2. The smallest absolute Gasteiger partial charge is 0.164 e. The molecule has 11 heteroatoms. The second-order valence-corrected chi connectivity index (χ2v) is 18.9. The first-order valence-corrected chi connectivity index (χ1v) is 25.3. The maximum absolute atomic E-state index is 15.7. The zero-order valence-electron chi connectivity index (χ0n) is 41.3.